The van der Waals surface area contributed by atoms with E-state index in [-0.39, 0.29) is 24.3 Å². The van der Waals surface area contributed by atoms with Crippen LogP contribution in [0.2, 0.25) is 0 Å². The molecule has 4 nitrogen and oxygen atoms in total. The number of hydrogen-bond acceptors (Lipinski definition) is 2. The lowest BCUT2D eigenvalue weighted by atomic mass is 9.88. The summed E-state index contributed by atoms with van der Waals surface area (Å²) in [6.07, 6.45) is 0.314. The first kappa shape index (κ1) is 16.7. The van der Waals surface area contributed by atoms with Crippen molar-refractivity contribution in [2.45, 2.75) is 12.3 Å². The van der Waals surface area contributed by atoms with E-state index >= 15 is 0 Å². The summed E-state index contributed by atoms with van der Waals surface area (Å²) in [6.45, 7) is 0.0299. The topological polar surface area (TPSA) is 49.4 Å². The summed E-state index contributed by atoms with van der Waals surface area (Å²) in [5.41, 5.74) is 2.18. The lowest BCUT2D eigenvalue weighted by molar-refractivity contribution is -0.130. The van der Waals surface area contributed by atoms with Gasteiger partial charge in [0.1, 0.15) is 0 Å². The number of rotatable bonds is 6. The zero-order chi connectivity index (χ0) is 16.7. The molecule has 2 rings (SSSR count). The van der Waals surface area contributed by atoms with Crippen molar-refractivity contribution in [3.63, 3.8) is 0 Å². The predicted octanol–water partition coefficient (Wildman–Crippen LogP) is 2.41. The van der Waals surface area contributed by atoms with Gasteiger partial charge in [-0.1, -0.05) is 60.7 Å². The normalized spacial score (nSPS) is 10.4. The van der Waals surface area contributed by atoms with E-state index in [1.807, 2.05) is 60.7 Å². The van der Waals surface area contributed by atoms with E-state index < -0.39 is 0 Å². The van der Waals surface area contributed by atoms with Gasteiger partial charge in [-0.05, 0) is 11.1 Å². The van der Waals surface area contributed by atoms with Gasteiger partial charge in [0.2, 0.25) is 11.8 Å². The quantitative estimate of drug-likeness (QED) is 0.891. The lowest BCUT2D eigenvalue weighted by Crippen LogP contribution is -2.36. The third-order valence-corrected chi connectivity index (χ3v) is 3.73. The molecule has 0 unspecified atom stereocenters. The van der Waals surface area contributed by atoms with Gasteiger partial charge >= 0.3 is 0 Å². The SMILES string of the molecule is CN(C)C(=O)CNC(=O)CC(c1ccccc1)c1ccccc1. The summed E-state index contributed by atoms with van der Waals surface area (Å²) in [7, 11) is 3.34. The van der Waals surface area contributed by atoms with E-state index in [4.69, 9.17) is 0 Å². The molecule has 4 heteroatoms. The van der Waals surface area contributed by atoms with E-state index in [1.165, 1.54) is 4.90 Å². The second-order valence-electron chi connectivity index (χ2n) is 5.64. The maximum absolute atomic E-state index is 12.2. The van der Waals surface area contributed by atoms with Crippen LogP contribution in [0.5, 0.6) is 0 Å². The van der Waals surface area contributed by atoms with Crippen molar-refractivity contribution >= 4 is 11.8 Å². The number of nitrogens with zero attached hydrogens (tertiary/aromatic N) is 1. The molecule has 0 aliphatic carbocycles. The maximum atomic E-state index is 12.2. The molecule has 0 bridgehead atoms. The van der Waals surface area contributed by atoms with Gasteiger partial charge in [0.15, 0.2) is 0 Å². The van der Waals surface area contributed by atoms with Crippen LogP contribution >= 0.6 is 0 Å². The Morgan fingerprint density at radius 3 is 1.83 bits per heavy atom. The van der Waals surface area contributed by atoms with E-state index in [0.717, 1.165) is 11.1 Å². The number of benzene rings is 2. The molecule has 0 atom stereocenters. The Kier molecular flexibility index (Phi) is 5.92. The summed E-state index contributed by atoms with van der Waals surface area (Å²) < 4.78 is 0. The summed E-state index contributed by atoms with van der Waals surface area (Å²) in [5, 5.41) is 2.70. The molecular formula is C19H22N2O2. The molecule has 0 aliphatic rings. The van der Waals surface area contributed by atoms with Crippen molar-refractivity contribution in [3.8, 4) is 0 Å². The summed E-state index contributed by atoms with van der Waals surface area (Å²) >= 11 is 0. The van der Waals surface area contributed by atoms with E-state index in [2.05, 4.69) is 5.32 Å². The highest BCUT2D eigenvalue weighted by Crippen LogP contribution is 2.27. The molecule has 2 aromatic carbocycles. The minimum absolute atomic E-state index is 0.0214. The molecule has 0 aromatic heterocycles. The largest absolute Gasteiger partial charge is 0.347 e. The van der Waals surface area contributed by atoms with Crippen LogP contribution in [-0.2, 0) is 9.59 Å². The molecule has 0 radical (unpaired) electrons. The molecule has 0 heterocycles. The average Bonchev–Trinajstić information content (AvgIpc) is 2.59. The lowest BCUT2D eigenvalue weighted by Gasteiger charge is -2.18. The molecule has 0 saturated carbocycles. The zero-order valence-electron chi connectivity index (χ0n) is 13.5. The molecule has 23 heavy (non-hydrogen) atoms. The summed E-state index contributed by atoms with van der Waals surface area (Å²) in [5.74, 6) is -0.265. The molecule has 0 spiro atoms. The predicted molar refractivity (Wildman–Crippen MR) is 91.0 cm³/mol. The Morgan fingerprint density at radius 1 is 0.913 bits per heavy atom. The minimum Gasteiger partial charge on any atom is -0.347 e. The van der Waals surface area contributed by atoms with E-state index in [9.17, 15) is 9.59 Å². The second kappa shape index (κ2) is 8.13. The number of likely N-dealkylation sites (N-methyl/N-ethyl adjacent to an activating group) is 1. The average molecular weight is 310 g/mol. The van der Waals surface area contributed by atoms with Gasteiger partial charge < -0.3 is 10.2 Å². The number of carbonyl (C=O) groups excluding carboxylic acids is 2. The molecule has 0 fully saturated rings. The van der Waals surface area contributed by atoms with E-state index in [1.54, 1.807) is 14.1 Å². The standard InChI is InChI=1S/C19H22N2O2/c1-21(2)19(23)14-20-18(22)13-17(15-9-5-3-6-10-15)16-11-7-4-8-12-16/h3-12,17H,13-14H2,1-2H3,(H,20,22). The van der Waals surface area contributed by atoms with Crippen molar-refractivity contribution in [2.24, 2.45) is 0 Å². The highest BCUT2D eigenvalue weighted by atomic mass is 16.2. The van der Waals surface area contributed by atoms with Crippen LogP contribution in [0, 0.1) is 0 Å². The van der Waals surface area contributed by atoms with Crippen LogP contribution in [0.1, 0.15) is 23.5 Å². The van der Waals surface area contributed by atoms with Crippen molar-refractivity contribution < 1.29 is 9.59 Å². The minimum atomic E-state index is -0.127. The fraction of sp³-hybridized carbons (Fsp3) is 0.263. The zero-order valence-corrected chi connectivity index (χ0v) is 13.5. The van der Waals surface area contributed by atoms with Gasteiger partial charge in [0, 0.05) is 26.4 Å². The number of hydrogen-bond donors (Lipinski definition) is 1. The molecular weight excluding hydrogens is 288 g/mol. The number of carbonyl (C=O) groups is 2. The smallest absolute Gasteiger partial charge is 0.241 e. The Bertz CT molecular complexity index is 599. The summed E-state index contributed by atoms with van der Waals surface area (Å²) in [4.78, 5) is 25.3. The van der Waals surface area contributed by atoms with Gasteiger partial charge in [0.25, 0.3) is 0 Å². The number of nitrogens with one attached hydrogen (secondary N) is 1. The molecule has 1 N–H and O–H groups in total. The van der Waals surface area contributed by atoms with Crippen LogP contribution < -0.4 is 5.32 Å². The third kappa shape index (κ3) is 4.95. The molecule has 120 valence electrons. The van der Waals surface area contributed by atoms with Crippen LogP contribution in [-0.4, -0.2) is 37.4 Å². The van der Waals surface area contributed by atoms with Crippen molar-refractivity contribution in [2.75, 3.05) is 20.6 Å². The van der Waals surface area contributed by atoms with Crippen LogP contribution in [0.15, 0.2) is 60.7 Å². The van der Waals surface area contributed by atoms with Gasteiger partial charge in [-0.2, -0.15) is 0 Å². The van der Waals surface area contributed by atoms with Crippen molar-refractivity contribution in [3.05, 3.63) is 71.8 Å². The Hall–Kier alpha value is -2.62. The van der Waals surface area contributed by atoms with Crippen LogP contribution in [0.3, 0.4) is 0 Å². The Labute approximate surface area is 137 Å². The summed E-state index contributed by atoms with van der Waals surface area (Å²) in [6, 6.07) is 19.9. The van der Waals surface area contributed by atoms with Crippen LogP contribution in [0.25, 0.3) is 0 Å². The Morgan fingerprint density at radius 2 is 1.39 bits per heavy atom. The first-order chi connectivity index (χ1) is 11.1. The fourth-order valence-corrected chi connectivity index (χ4v) is 2.39. The first-order valence-electron chi connectivity index (χ1n) is 7.64. The highest BCUT2D eigenvalue weighted by Gasteiger charge is 2.18. The monoisotopic (exact) mass is 310 g/mol. The fourth-order valence-electron chi connectivity index (χ4n) is 2.39. The van der Waals surface area contributed by atoms with Gasteiger partial charge in [-0.3, -0.25) is 9.59 Å². The second-order valence-corrected chi connectivity index (χ2v) is 5.64. The molecule has 0 aliphatic heterocycles. The number of amides is 2. The van der Waals surface area contributed by atoms with Gasteiger partial charge in [0.05, 0.1) is 6.54 Å². The van der Waals surface area contributed by atoms with Crippen molar-refractivity contribution in [1.29, 1.82) is 0 Å². The van der Waals surface area contributed by atoms with Gasteiger partial charge in [-0.25, -0.2) is 0 Å². The molecule has 0 saturated heterocycles. The third-order valence-electron chi connectivity index (χ3n) is 3.73. The molecule has 2 aromatic rings. The van der Waals surface area contributed by atoms with Crippen LogP contribution in [0.4, 0.5) is 0 Å². The van der Waals surface area contributed by atoms with Crippen molar-refractivity contribution in [1.82, 2.24) is 10.2 Å². The van der Waals surface area contributed by atoms with E-state index in [0.29, 0.717) is 6.42 Å². The Balaban J connectivity index is 2.10. The maximum Gasteiger partial charge on any atom is 0.241 e. The van der Waals surface area contributed by atoms with Gasteiger partial charge in [-0.15, -0.1) is 0 Å². The first-order valence-corrected chi connectivity index (χ1v) is 7.64. The highest BCUT2D eigenvalue weighted by molar-refractivity contribution is 5.85. The molecule has 2 amide bonds.